The third-order valence-electron chi connectivity index (χ3n) is 3.44. The van der Waals surface area contributed by atoms with E-state index in [9.17, 15) is 18.0 Å². The van der Waals surface area contributed by atoms with E-state index >= 15 is 0 Å². The molecule has 0 radical (unpaired) electrons. The monoisotopic (exact) mass is 319 g/mol. The van der Waals surface area contributed by atoms with Gasteiger partial charge in [0.15, 0.2) is 0 Å². The average Bonchev–Trinajstić information content (AvgIpc) is 2.97. The Hall–Kier alpha value is -2.83. The highest BCUT2D eigenvalue weighted by Crippen LogP contribution is 2.32. The van der Waals surface area contributed by atoms with Gasteiger partial charge in [-0.15, -0.1) is 0 Å². The molecular formula is C16H12F3N3O. The van der Waals surface area contributed by atoms with Gasteiger partial charge in [-0.2, -0.15) is 13.2 Å². The number of benzene rings is 1. The van der Waals surface area contributed by atoms with Crippen LogP contribution in [0.4, 0.5) is 13.2 Å². The maximum atomic E-state index is 12.8. The molecule has 2 heterocycles. The van der Waals surface area contributed by atoms with Crippen LogP contribution >= 0.6 is 0 Å². The van der Waals surface area contributed by atoms with Crippen molar-refractivity contribution in [3.63, 3.8) is 0 Å². The molecule has 118 valence electrons. The minimum Gasteiger partial charge on any atom is -0.355 e. The van der Waals surface area contributed by atoms with E-state index in [4.69, 9.17) is 0 Å². The lowest BCUT2D eigenvalue weighted by Crippen LogP contribution is -2.18. The third-order valence-corrected chi connectivity index (χ3v) is 3.44. The number of alkyl halides is 3. The zero-order chi connectivity index (χ0) is 16.6. The summed E-state index contributed by atoms with van der Waals surface area (Å²) < 4.78 is 40.1. The Morgan fingerprint density at radius 2 is 2.00 bits per heavy atom. The Bertz CT molecular complexity index is 884. The minimum atomic E-state index is -4.41. The molecule has 3 rings (SSSR count). The lowest BCUT2D eigenvalue weighted by atomic mass is 10.1. The molecule has 23 heavy (non-hydrogen) atoms. The average molecular weight is 319 g/mol. The summed E-state index contributed by atoms with van der Waals surface area (Å²) in [5.41, 5.74) is 0.713. The number of rotatable bonds is 2. The van der Waals surface area contributed by atoms with Crippen LogP contribution in [0.5, 0.6) is 0 Å². The first-order valence-electron chi connectivity index (χ1n) is 6.77. The molecule has 3 aromatic rings. The highest BCUT2D eigenvalue weighted by molar-refractivity contribution is 5.99. The van der Waals surface area contributed by atoms with Crippen molar-refractivity contribution < 1.29 is 18.0 Å². The van der Waals surface area contributed by atoms with Crippen LogP contribution in [-0.4, -0.2) is 22.3 Å². The quantitative estimate of drug-likeness (QED) is 0.787. The molecule has 0 aliphatic rings. The van der Waals surface area contributed by atoms with Gasteiger partial charge in [-0.05, 0) is 24.3 Å². The topological polar surface area (TPSA) is 46.4 Å². The normalized spacial score (nSPS) is 11.7. The molecule has 2 aromatic heterocycles. The number of hydrogen-bond donors (Lipinski definition) is 1. The highest BCUT2D eigenvalue weighted by Gasteiger charge is 2.30. The summed E-state index contributed by atoms with van der Waals surface area (Å²) in [5, 5.41) is 2.51. The van der Waals surface area contributed by atoms with Gasteiger partial charge in [0.2, 0.25) is 0 Å². The van der Waals surface area contributed by atoms with Gasteiger partial charge in [0.25, 0.3) is 5.91 Å². The summed E-state index contributed by atoms with van der Waals surface area (Å²) >= 11 is 0. The predicted molar refractivity (Wildman–Crippen MR) is 79.0 cm³/mol. The molecule has 0 fully saturated rings. The van der Waals surface area contributed by atoms with Crippen LogP contribution in [-0.2, 0) is 6.18 Å². The number of aromatic nitrogens is 2. The zero-order valence-electron chi connectivity index (χ0n) is 12.1. The predicted octanol–water partition coefficient (Wildman–Crippen LogP) is 3.38. The number of imidazole rings is 1. The van der Waals surface area contributed by atoms with E-state index in [0.717, 1.165) is 12.1 Å². The Kier molecular flexibility index (Phi) is 3.55. The second-order valence-corrected chi connectivity index (χ2v) is 4.94. The summed E-state index contributed by atoms with van der Waals surface area (Å²) in [6.07, 6.45) is -1.13. The molecule has 0 atom stereocenters. The van der Waals surface area contributed by atoms with Crippen molar-refractivity contribution in [2.45, 2.75) is 6.18 Å². The first-order valence-corrected chi connectivity index (χ1v) is 6.77. The molecule has 0 aliphatic heterocycles. The van der Waals surface area contributed by atoms with Gasteiger partial charge in [0.05, 0.1) is 16.8 Å². The molecule has 1 aromatic carbocycles. The first-order chi connectivity index (χ1) is 10.9. The molecule has 1 amide bonds. The number of carbonyl (C=O) groups is 1. The standard InChI is InChI=1S/C16H12F3N3O/c1-20-15(23)12-6-3-7-22-9-13(21-14(12)22)10-4-2-5-11(8-10)16(17,18)19/h2-9H,1H3,(H,20,23). The third kappa shape index (κ3) is 2.77. The molecule has 0 saturated heterocycles. The van der Waals surface area contributed by atoms with E-state index in [1.807, 2.05) is 0 Å². The Balaban J connectivity index is 2.13. The Labute approximate surface area is 129 Å². The SMILES string of the molecule is CNC(=O)c1cccn2cc(-c3cccc(C(F)(F)F)c3)nc12. The molecule has 7 heteroatoms. The van der Waals surface area contributed by atoms with E-state index in [-0.39, 0.29) is 5.91 Å². The molecule has 0 unspecified atom stereocenters. The maximum Gasteiger partial charge on any atom is 0.416 e. The number of fused-ring (bicyclic) bond motifs is 1. The molecular weight excluding hydrogens is 307 g/mol. The number of carbonyl (C=O) groups excluding carboxylic acids is 1. The summed E-state index contributed by atoms with van der Waals surface area (Å²) in [6.45, 7) is 0. The largest absolute Gasteiger partial charge is 0.416 e. The van der Waals surface area contributed by atoms with Crippen LogP contribution < -0.4 is 5.32 Å². The van der Waals surface area contributed by atoms with Gasteiger partial charge in [0.1, 0.15) is 5.65 Å². The van der Waals surface area contributed by atoms with Gasteiger partial charge < -0.3 is 9.72 Å². The van der Waals surface area contributed by atoms with Gasteiger partial charge >= 0.3 is 6.18 Å². The first kappa shape index (κ1) is 15.1. The van der Waals surface area contributed by atoms with Crippen LogP contribution in [0.2, 0.25) is 0 Å². The van der Waals surface area contributed by atoms with Gasteiger partial charge in [-0.1, -0.05) is 12.1 Å². The van der Waals surface area contributed by atoms with Crippen molar-refractivity contribution in [1.82, 2.24) is 14.7 Å². The Morgan fingerprint density at radius 3 is 2.70 bits per heavy atom. The molecule has 0 bridgehead atoms. The van der Waals surface area contributed by atoms with Crippen LogP contribution in [0.15, 0.2) is 48.8 Å². The number of nitrogens with zero attached hydrogens (tertiary/aromatic N) is 2. The van der Waals surface area contributed by atoms with Gasteiger partial charge in [-0.25, -0.2) is 4.98 Å². The second-order valence-electron chi connectivity index (χ2n) is 4.94. The summed E-state index contributed by atoms with van der Waals surface area (Å²) in [4.78, 5) is 16.2. The maximum absolute atomic E-state index is 12.8. The van der Waals surface area contributed by atoms with Crippen molar-refractivity contribution in [2.24, 2.45) is 0 Å². The Morgan fingerprint density at radius 1 is 1.22 bits per heavy atom. The summed E-state index contributed by atoms with van der Waals surface area (Å²) in [6, 6.07) is 8.22. The highest BCUT2D eigenvalue weighted by atomic mass is 19.4. The number of halogens is 3. The number of hydrogen-bond acceptors (Lipinski definition) is 2. The van der Waals surface area contributed by atoms with E-state index in [1.165, 1.54) is 13.1 Å². The number of pyridine rings is 1. The molecule has 1 N–H and O–H groups in total. The fourth-order valence-electron chi connectivity index (χ4n) is 2.32. The number of nitrogens with one attached hydrogen (secondary N) is 1. The lowest BCUT2D eigenvalue weighted by molar-refractivity contribution is -0.137. The van der Waals surface area contributed by atoms with Crippen molar-refractivity contribution in [2.75, 3.05) is 7.05 Å². The van der Waals surface area contributed by atoms with Crippen molar-refractivity contribution >= 4 is 11.6 Å². The molecule has 0 aliphatic carbocycles. The smallest absolute Gasteiger partial charge is 0.355 e. The summed E-state index contributed by atoms with van der Waals surface area (Å²) in [5.74, 6) is -0.309. The molecule has 0 spiro atoms. The van der Waals surface area contributed by atoms with Crippen molar-refractivity contribution in [3.05, 3.63) is 59.9 Å². The fourth-order valence-corrected chi connectivity index (χ4v) is 2.32. The van der Waals surface area contributed by atoms with Crippen LogP contribution in [0, 0.1) is 0 Å². The van der Waals surface area contributed by atoms with Gasteiger partial charge in [0, 0.05) is 25.0 Å². The van der Waals surface area contributed by atoms with Crippen molar-refractivity contribution in [3.8, 4) is 11.3 Å². The van der Waals surface area contributed by atoms with Crippen molar-refractivity contribution in [1.29, 1.82) is 0 Å². The van der Waals surface area contributed by atoms with Crippen LogP contribution in [0.3, 0.4) is 0 Å². The molecule has 4 nitrogen and oxygen atoms in total. The lowest BCUT2D eigenvalue weighted by Gasteiger charge is -2.07. The summed E-state index contributed by atoms with van der Waals surface area (Å²) in [7, 11) is 1.50. The van der Waals surface area contributed by atoms with E-state index in [0.29, 0.717) is 22.5 Å². The van der Waals surface area contributed by atoms with E-state index in [2.05, 4.69) is 10.3 Å². The van der Waals surface area contributed by atoms with Gasteiger partial charge in [-0.3, -0.25) is 4.79 Å². The fraction of sp³-hybridized carbons (Fsp3) is 0.125. The van der Waals surface area contributed by atoms with Crippen LogP contribution in [0.1, 0.15) is 15.9 Å². The zero-order valence-corrected chi connectivity index (χ0v) is 12.1. The number of amides is 1. The van der Waals surface area contributed by atoms with E-state index in [1.54, 1.807) is 35.0 Å². The van der Waals surface area contributed by atoms with E-state index < -0.39 is 11.7 Å². The second kappa shape index (κ2) is 5.42. The minimum absolute atomic E-state index is 0.309. The van der Waals surface area contributed by atoms with Crippen LogP contribution in [0.25, 0.3) is 16.9 Å². The molecule has 0 saturated carbocycles.